The van der Waals surface area contributed by atoms with E-state index >= 15 is 0 Å². The molecule has 0 bridgehead atoms. The number of aromatic nitrogens is 2. The molecule has 1 N–H and O–H groups in total. The van der Waals surface area contributed by atoms with Gasteiger partial charge in [0.15, 0.2) is 0 Å². The fraction of sp³-hybridized carbons (Fsp3) is 0.444. The molecule has 1 unspecified atom stereocenters. The molecule has 0 saturated heterocycles. The molecule has 0 aliphatic carbocycles. The highest BCUT2D eigenvalue weighted by Gasteiger charge is 2.19. The molecule has 0 saturated carbocycles. The lowest BCUT2D eigenvalue weighted by molar-refractivity contribution is -0.384. The van der Waals surface area contributed by atoms with Gasteiger partial charge in [0.2, 0.25) is 5.82 Å². The second-order valence-electron chi connectivity index (χ2n) is 3.07. The molecule has 1 aromatic rings. The van der Waals surface area contributed by atoms with Gasteiger partial charge in [-0.25, -0.2) is 0 Å². The summed E-state index contributed by atoms with van der Waals surface area (Å²) in [4.78, 5) is 10.2. The smallest absolute Gasteiger partial charge is 0.330 e. The van der Waals surface area contributed by atoms with Crippen molar-refractivity contribution in [1.29, 1.82) is 0 Å². The Labute approximate surface area is 87.4 Å². The average Bonchev–Trinajstić information content (AvgIpc) is 2.56. The van der Waals surface area contributed by atoms with E-state index in [1.165, 1.54) is 10.9 Å². The molecule has 0 fully saturated rings. The van der Waals surface area contributed by atoms with E-state index in [1.807, 2.05) is 6.92 Å². The van der Waals surface area contributed by atoms with Gasteiger partial charge in [0.05, 0.1) is 11.0 Å². The molecule has 0 radical (unpaired) electrons. The summed E-state index contributed by atoms with van der Waals surface area (Å²) < 4.78 is 1.38. The van der Waals surface area contributed by atoms with E-state index in [-0.39, 0.29) is 17.5 Å². The van der Waals surface area contributed by atoms with Crippen LogP contribution in [0.15, 0.2) is 6.20 Å². The topological polar surface area (TPSA) is 73.0 Å². The summed E-state index contributed by atoms with van der Waals surface area (Å²) in [6.07, 6.45) is 7.27. The predicted molar refractivity (Wildman–Crippen MR) is 56.4 cm³/mol. The zero-order valence-corrected chi connectivity index (χ0v) is 8.60. The van der Waals surface area contributed by atoms with Crippen LogP contribution in [-0.4, -0.2) is 20.7 Å². The molecule has 1 heterocycles. The normalized spacial score (nSPS) is 11.8. The monoisotopic (exact) mass is 208 g/mol. The summed E-state index contributed by atoms with van der Waals surface area (Å²) in [5.74, 6) is 2.71. The van der Waals surface area contributed by atoms with Crippen LogP contribution in [0.2, 0.25) is 0 Å². The largest absolute Gasteiger partial charge is 0.349 e. The first-order chi connectivity index (χ1) is 7.08. The van der Waals surface area contributed by atoms with Crippen molar-refractivity contribution in [2.75, 3.05) is 5.32 Å². The lowest BCUT2D eigenvalue weighted by atomic mass is 10.2. The molecule has 1 aromatic heterocycles. The molecule has 15 heavy (non-hydrogen) atoms. The first-order valence-electron chi connectivity index (χ1n) is 4.49. The minimum absolute atomic E-state index is 0.0637. The van der Waals surface area contributed by atoms with Crippen molar-refractivity contribution in [2.24, 2.45) is 7.05 Å². The molecule has 6 heteroatoms. The summed E-state index contributed by atoms with van der Waals surface area (Å²) in [5, 5.41) is 17.4. The number of nitro groups is 1. The summed E-state index contributed by atoms with van der Waals surface area (Å²) in [6, 6.07) is -0.237. The van der Waals surface area contributed by atoms with Gasteiger partial charge in [-0.15, -0.1) is 11.5 Å². The van der Waals surface area contributed by atoms with Crippen molar-refractivity contribution in [3.05, 3.63) is 16.3 Å². The number of terminal acetylenes is 1. The first-order valence-corrected chi connectivity index (χ1v) is 4.49. The number of hydrogen-bond acceptors (Lipinski definition) is 4. The second kappa shape index (κ2) is 4.46. The van der Waals surface area contributed by atoms with E-state index in [4.69, 9.17) is 6.42 Å². The minimum Gasteiger partial charge on any atom is -0.349 e. The highest BCUT2D eigenvalue weighted by atomic mass is 16.6. The predicted octanol–water partition coefficient (Wildman–Crippen LogP) is 1.15. The van der Waals surface area contributed by atoms with Crippen LogP contribution in [0.4, 0.5) is 11.5 Å². The van der Waals surface area contributed by atoms with Crippen molar-refractivity contribution in [1.82, 2.24) is 9.78 Å². The van der Waals surface area contributed by atoms with E-state index < -0.39 is 4.92 Å². The highest BCUT2D eigenvalue weighted by Crippen LogP contribution is 2.22. The molecule has 0 aliphatic rings. The Kier molecular flexibility index (Phi) is 3.29. The van der Waals surface area contributed by atoms with E-state index in [0.29, 0.717) is 6.42 Å². The van der Waals surface area contributed by atoms with E-state index in [2.05, 4.69) is 16.3 Å². The third-order valence-corrected chi connectivity index (χ3v) is 1.93. The Hall–Kier alpha value is -2.03. The molecule has 0 amide bonds. The van der Waals surface area contributed by atoms with Crippen LogP contribution in [0.3, 0.4) is 0 Å². The number of rotatable bonds is 4. The molecule has 1 rings (SSSR count). The van der Waals surface area contributed by atoms with Gasteiger partial charge in [-0.3, -0.25) is 14.8 Å². The van der Waals surface area contributed by atoms with Crippen LogP contribution >= 0.6 is 0 Å². The Morgan fingerprint density at radius 2 is 2.53 bits per heavy atom. The fourth-order valence-electron chi connectivity index (χ4n) is 1.14. The minimum atomic E-state index is -0.488. The third-order valence-electron chi connectivity index (χ3n) is 1.93. The van der Waals surface area contributed by atoms with Crippen molar-refractivity contribution < 1.29 is 4.92 Å². The van der Waals surface area contributed by atoms with Gasteiger partial charge < -0.3 is 5.32 Å². The number of nitrogens with zero attached hydrogens (tertiary/aromatic N) is 3. The first kappa shape index (κ1) is 11.0. The van der Waals surface area contributed by atoms with Crippen LogP contribution in [0.1, 0.15) is 13.3 Å². The Morgan fingerprint density at radius 3 is 3.00 bits per heavy atom. The van der Waals surface area contributed by atoms with Gasteiger partial charge in [0.25, 0.3) is 0 Å². The van der Waals surface area contributed by atoms with Gasteiger partial charge >= 0.3 is 5.69 Å². The van der Waals surface area contributed by atoms with Gasteiger partial charge in [-0.1, -0.05) is 12.8 Å². The molecule has 0 spiro atoms. The maximum Gasteiger partial charge on any atom is 0.330 e. The third kappa shape index (κ3) is 2.47. The van der Waals surface area contributed by atoms with Crippen molar-refractivity contribution in [2.45, 2.75) is 19.4 Å². The van der Waals surface area contributed by atoms with Gasteiger partial charge in [-0.2, -0.15) is 0 Å². The van der Waals surface area contributed by atoms with Gasteiger partial charge in [-0.05, 0) is 6.42 Å². The van der Waals surface area contributed by atoms with Gasteiger partial charge in [0, 0.05) is 7.05 Å². The molecule has 1 atom stereocenters. The Balaban J connectivity index is 2.94. The lowest BCUT2D eigenvalue weighted by Crippen LogP contribution is -2.16. The van der Waals surface area contributed by atoms with E-state index in [0.717, 1.165) is 0 Å². The maximum atomic E-state index is 10.7. The summed E-state index contributed by atoms with van der Waals surface area (Å²) >= 11 is 0. The molecule has 80 valence electrons. The Bertz CT molecular complexity index is 405. The van der Waals surface area contributed by atoms with E-state index in [9.17, 15) is 10.1 Å². The van der Waals surface area contributed by atoms with Crippen LogP contribution in [0.5, 0.6) is 0 Å². The summed E-state index contributed by atoms with van der Waals surface area (Å²) in [5.41, 5.74) is -0.0637. The Morgan fingerprint density at radius 1 is 1.87 bits per heavy atom. The van der Waals surface area contributed by atoms with Crippen LogP contribution in [0.25, 0.3) is 0 Å². The highest BCUT2D eigenvalue weighted by molar-refractivity contribution is 5.55. The van der Waals surface area contributed by atoms with Crippen molar-refractivity contribution in [3.8, 4) is 12.3 Å². The second-order valence-corrected chi connectivity index (χ2v) is 3.07. The van der Waals surface area contributed by atoms with Crippen molar-refractivity contribution in [3.63, 3.8) is 0 Å². The average molecular weight is 208 g/mol. The molecule has 6 nitrogen and oxygen atoms in total. The zero-order valence-electron chi connectivity index (χ0n) is 8.60. The standard InChI is InChI=1S/C9H12N4O2/c1-4-7(5-2)10-9-8(13(14)15)6-12(3)11-9/h1,6-7H,5H2,2-3H3,(H,10,11). The van der Waals surface area contributed by atoms with Crippen molar-refractivity contribution >= 4 is 11.5 Å². The zero-order chi connectivity index (χ0) is 11.4. The van der Waals surface area contributed by atoms with Crippen LogP contribution < -0.4 is 5.32 Å². The van der Waals surface area contributed by atoms with Crippen LogP contribution in [-0.2, 0) is 7.05 Å². The summed E-state index contributed by atoms with van der Waals surface area (Å²) in [7, 11) is 1.62. The molecule has 0 aromatic carbocycles. The van der Waals surface area contributed by atoms with Gasteiger partial charge in [0.1, 0.15) is 6.20 Å². The molecular weight excluding hydrogens is 196 g/mol. The summed E-state index contributed by atoms with van der Waals surface area (Å²) in [6.45, 7) is 1.90. The molecule has 0 aliphatic heterocycles. The number of hydrogen-bond donors (Lipinski definition) is 1. The SMILES string of the molecule is C#CC(CC)Nc1nn(C)cc1[N+](=O)[O-]. The number of aryl methyl sites for hydroxylation is 1. The number of anilines is 1. The van der Waals surface area contributed by atoms with Crippen LogP contribution in [0, 0.1) is 22.5 Å². The number of nitrogens with one attached hydrogen (secondary N) is 1. The van der Waals surface area contributed by atoms with E-state index in [1.54, 1.807) is 7.05 Å². The lowest BCUT2D eigenvalue weighted by Gasteiger charge is -2.08. The maximum absolute atomic E-state index is 10.7. The molecular formula is C9H12N4O2. The quantitative estimate of drug-likeness (QED) is 0.457. The fourth-order valence-corrected chi connectivity index (χ4v) is 1.14.